The largest absolute Gasteiger partial charge is 0.495 e. The lowest BCUT2D eigenvalue weighted by molar-refractivity contribution is 0.415. The molecule has 0 bridgehead atoms. The van der Waals surface area contributed by atoms with Gasteiger partial charge in [0.2, 0.25) is 5.95 Å². The number of methoxy groups -OCH3 is 1. The van der Waals surface area contributed by atoms with E-state index in [1.807, 2.05) is 18.2 Å². The minimum Gasteiger partial charge on any atom is -0.495 e. The van der Waals surface area contributed by atoms with Crippen LogP contribution in [0.3, 0.4) is 0 Å². The van der Waals surface area contributed by atoms with Crippen LogP contribution in [0.15, 0.2) is 29.3 Å². The Morgan fingerprint density at radius 3 is 2.68 bits per heavy atom. The Kier molecular flexibility index (Phi) is 4.74. The first-order valence-electron chi connectivity index (χ1n) is 5.34. The van der Waals surface area contributed by atoms with E-state index in [-0.39, 0.29) is 5.95 Å². The molecule has 0 aliphatic heterocycles. The first kappa shape index (κ1) is 14.2. The monoisotopic (exact) mass is 315 g/mol. The molecule has 2 aromatic rings. The lowest BCUT2D eigenvalue weighted by atomic mass is 10.2. The van der Waals surface area contributed by atoms with E-state index >= 15 is 0 Å². The molecule has 2 rings (SSSR count). The molecule has 0 saturated carbocycles. The third-order valence-corrected chi connectivity index (χ3v) is 3.76. The summed E-state index contributed by atoms with van der Waals surface area (Å²) in [6, 6.07) is 7.32. The minimum absolute atomic E-state index is 0.169. The number of thioether (sulfide) groups is 1. The van der Waals surface area contributed by atoms with E-state index in [1.165, 1.54) is 11.8 Å². The van der Waals surface area contributed by atoms with E-state index in [9.17, 15) is 0 Å². The molecule has 100 valence electrons. The van der Waals surface area contributed by atoms with Crippen LogP contribution >= 0.6 is 35.0 Å². The highest BCUT2D eigenvalue weighted by Crippen LogP contribution is 2.29. The summed E-state index contributed by atoms with van der Waals surface area (Å²) >= 11 is 13.4. The SMILES string of the molecule is COc1ccc(CSc2cc(Cl)nc(N)n2)cc1Cl. The maximum atomic E-state index is 6.06. The number of anilines is 1. The Hall–Kier alpha value is -1.17. The van der Waals surface area contributed by atoms with Crippen molar-refractivity contribution in [2.24, 2.45) is 0 Å². The average Bonchev–Trinajstić information content (AvgIpc) is 2.35. The van der Waals surface area contributed by atoms with E-state index in [0.717, 1.165) is 10.6 Å². The second kappa shape index (κ2) is 6.32. The Balaban J connectivity index is 2.08. The van der Waals surface area contributed by atoms with E-state index in [1.54, 1.807) is 13.2 Å². The van der Waals surface area contributed by atoms with Crippen LogP contribution in [-0.2, 0) is 5.75 Å². The van der Waals surface area contributed by atoms with Gasteiger partial charge in [0.05, 0.1) is 12.1 Å². The number of hydrogen-bond acceptors (Lipinski definition) is 5. The molecule has 0 spiro atoms. The Bertz CT molecular complexity index is 575. The van der Waals surface area contributed by atoms with Gasteiger partial charge in [0, 0.05) is 11.8 Å². The molecule has 0 aliphatic carbocycles. The molecule has 0 amide bonds. The summed E-state index contributed by atoms with van der Waals surface area (Å²) in [5.41, 5.74) is 6.59. The maximum Gasteiger partial charge on any atom is 0.222 e. The van der Waals surface area contributed by atoms with Crippen molar-refractivity contribution in [2.45, 2.75) is 10.8 Å². The van der Waals surface area contributed by atoms with Crippen LogP contribution in [0, 0.1) is 0 Å². The fourth-order valence-electron chi connectivity index (χ4n) is 1.44. The fraction of sp³-hybridized carbons (Fsp3) is 0.167. The molecule has 0 unspecified atom stereocenters. The van der Waals surface area contributed by atoms with Crippen LogP contribution in [0.5, 0.6) is 5.75 Å². The highest BCUT2D eigenvalue weighted by atomic mass is 35.5. The van der Waals surface area contributed by atoms with Crippen LogP contribution in [0.25, 0.3) is 0 Å². The van der Waals surface area contributed by atoms with Gasteiger partial charge in [0.1, 0.15) is 15.9 Å². The van der Waals surface area contributed by atoms with Gasteiger partial charge in [-0.2, -0.15) is 0 Å². The van der Waals surface area contributed by atoms with Gasteiger partial charge in [0.15, 0.2) is 0 Å². The van der Waals surface area contributed by atoms with Gasteiger partial charge in [-0.1, -0.05) is 29.3 Å². The van der Waals surface area contributed by atoms with Crippen LogP contribution in [0.2, 0.25) is 10.2 Å². The third-order valence-electron chi connectivity index (χ3n) is 2.29. The number of nitrogens with zero attached hydrogens (tertiary/aromatic N) is 2. The summed E-state index contributed by atoms with van der Waals surface area (Å²) in [7, 11) is 1.58. The predicted octanol–water partition coefficient (Wildman–Crippen LogP) is 3.67. The normalized spacial score (nSPS) is 10.5. The molecule has 0 atom stereocenters. The number of benzene rings is 1. The number of aromatic nitrogens is 2. The second-order valence-electron chi connectivity index (χ2n) is 3.64. The number of ether oxygens (including phenoxy) is 1. The summed E-state index contributed by atoms with van der Waals surface area (Å²) in [5, 5.41) is 1.65. The smallest absolute Gasteiger partial charge is 0.222 e. The van der Waals surface area contributed by atoms with E-state index in [2.05, 4.69) is 9.97 Å². The first-order valence-corrected chi connectivity index (χ1v) is 7.08. The molecule has 0 fully saturated rings. The molecule has 1 aromatic carbocycles. The van der Waals surface area contributed by atoms with Crippen LogP contribution in [-0.4, -0.2) is 17.1 Å². The van der Waals surface area contributed by atoms with Crippen molar-refractivity contribution < 1.29 is 4.74 Å². The molecule has 2 N–H and O–H groups in total. The lowest BCUT2D eigenvalue weighted by Gasteiger charge is -2.06. The van der Waals surface area contributed by atoms with E-state index in [0.29, 0.717) is 21.7 Å². The minimum atomic E-state index is 0.169. The van der Waals surface area contributed by atoms with Gasteiger partial charge in [-0.15, -0.1) is 11.8 Å². The number of hydrogen-bond donors (Lipinski definition) is 1. The zero-order valence-corrected chi connectivity index (χ0v) is 12.4. The van der Waals surface area contributed by atoms with Crippen molar-refractivity contribution in [3.8, 4) is 5.75 Å². The van der Waals surface area contributed by atoms with E-state index < -0.39 is 0 Å². The highest BCUT2D eigenvalue weighted by Gasteiger charge is 2.05. The van der Waals surface area contributed by atoms with Gasteiger partial charge in [-0.3, -0.25) is 0 Å². The lowest BCUT2D eigenvalue weighted by Crippen LogP contribution is -1.96. The molecule has 0 saturated heterocycles. The van der Waals surface area contributed by atoms with Crippen LogP contribution in [0.4, 0.5) is 5.95 Å². The molecule has 4 nitrogen and oxygen atoms in total. The van der Waals surface area contributed by atoms with Gasteiger partial charge in [-0.05, 0) is 17.7 Å². The van der Waals surface area contributed by atoms with Crippen molar-refractivity contribution in [1.82, 2.24) is 9.97 Å². The molecular weight excluding hydrogens is 305 g/mol. The van der Waals surface area contributed by atoms with Crippen molar-refractivity contribution >= 4 is 40.9 Å². The Morgan fingerprint density at radius 1 is 1.26 bits per heavy atom. The maximum absolute atomic E-state index is 6.06. The number of halogens is 2. The Morgan fingerprint density at radius 2 is 2.05 bits per heavy atom. The summed E-state index contributed by atoms with van der Waals surface area (Å²) in [4.78, 5) is 7.90. The fourth-order valence-corrected chi connectivity index (χ4v) is 2.83. The second-order valence-corrected chi connectivity index (χ2v) is 5.43. The van der Waals surface area contributed by atoms with Crippen molar-refractivity contribution in [2.75, 3.05) is 12.8 Å². The van der Waals surface area contributed by atoms with Crippen LogP contribution < -0.4 is 10.5 Å². The van der Waals surface area contributed by atoms with E-state index in [4.69, 9.17) is 33.7 Å². The first-order chi connectivity index (χ1) is 9.08. The van der Waals surface area contributed by atoms with Gasteiger partial charge >= 0.3 is 0 Å². The zero-order valence-electron chi connectivity index (χ0n) is 10.1. The molecule has 1 aromatic heterocycles. The molecule has 0 aliphatic rings. The topological polar surface area (TPSA) is 61.0 Å². The molecule has 1 heterocycles. The highest BCUT2D eigenvalue weighted by molar-refractivity contribution is 7.98. The van der Waals surface area contributed by atoms with Crippen molar-refractivity contribution in [3.63, 3.8) is 0 Å². The van der Waals surface area contributed by atoms with Gasteiger partial charge in [0.25, 0.3) is 0 Å². The summed E-state index contributed by atoms with van der Waals surface area (Å²) in [6.45, 7) is 0. The standard InChI is InChI=1S/C12H11Cl2N3OS/c1-18-9-3-2-7(4-8(9)13)6-19-11-5-10(14)16-12(15)17-11/h2-5H,6H2,1H3,(H2,15,16,17). The third kappa shape index (κ3) is 3.89. The number of nitrogens with two attached hydrogens (primary N) is 1. The molecule has 0 radical (unpaired) electrons. The molecule has 7 heteroatoms. The average molecular weight is 316 g/mol. The molecule has 19 heavy (non-hydrogen) atoms. The Labute approximate surface area is 125 Å². The van der Waals surface area contributed by atoms with Crippen LogP contribution in [0.1, 0.15) is 5.56 Å². The van der Waals surface area contributed by atoms with Gasteiger partial charge < -0.3 is 10.5 Å². The zero-order chi connectivity index (χ0) is 13.8. The summed E-state index contributed by atoms with van der Waals surface area (Å²) in [5.74, 6) is 1.53. The molecular formula is C12H11Cl2N3OS. The number of rotatable bonds is 4. The predicted molar refractivity (Wildman–Crippen MR) is 79.0 cm³/mol. The summed E-state index contributed by atoms with van der Waals surface area (Å²) < 4.78 is 5.10. The number of nitrogen functional groups attached to an aromatic ring is 1. The van der Waals surface area contributed by atoms with Crippen molar-refractivity contribution in [1.29, 1.82) is 0 Å². The van der Waals surface area contributed by atoms with Crippen molar-refractivity contribution in [3.05, 3.63) is 40.0 Å². The van der Waals surface area contributed by atoms with Gasteiger partial charge in [-0.25, -0.2) is 9.97 Å². The summed E-state index contributed by atoms with van der Waals surface area (Å²) in [6.07, 6.45) is 0. The quantitative estimate of drug-likeness (QED) is 0.689.